The van der Waals surface area contributed by atoms with Crippen LogP contribution in [0.5, 0.6) is 5.75 Å². The Hall–Kier alpha value is -4.09. The minimum atomic E-state index is -0.375. The second-order valence-corrected chi connectivity index (χ2v) is 9.75. The van der Waals surface area contributed by atoms with E-state index >= 15 is 0 Å². The predicted octanol–water partition coefficient (Wildman–Crippen LogP) is 7.70. The fraction of sp³-hybridized carbons (Fsp3) is 0.133. The SMILES string of the molecule is Cc1ccc(-c2onc3ccc([C@H]4Oc5ccccc5[C@H]5CC(c6ccc(Cl)cc6)=NN54)cc23)cc1. The van der Waals surface area contributed by atoms with Gasteiger partial charge in [-0.15, -0.1) is 0 Å². The summed E-state index contributed by atoms with van der Waals surface area (Å²) in [6, 6.07) is 30.6. The van der Waals surface area contributed by atoms with Gasteiger partial charge in [-0.1, -0.05) is 83.0 Å². The molecule has 2 aliphatic rings. The quantitative estimate of drug-likeness (QED) is 0.259. The van der Waals surface area contributed by atoms with Gasteiger partial charge in [-0.2, -0.15) is 5.10 Å². The summed E-state index contributed by atoms with van der Waals surface area (Å²) in [5.41, 5.74) is 7.25. The Morgan fingerprint density at radius 2 is 1.67 bits per heavy atom. The lowest BCUT2D eigenvalue weighted by Gasteiger charge is -2.38. The van der Waals surface area contributed by atoms with E-state index in [2.05, 4.69) is 65.6 Å². The number of hydrogen-bond donors (Lipinski definition) is 0. The predicted molar refractivity (Wildman–Crippen MR) is 141 cm³/mol. The molecule has 3 heterocycles. The van der Waals surface area contributed by atoms with Crippen LogP contribution >= 0.6 is 11.6 Å². The Balaban J connectivity index is 1.33. The first-order chi connectivity index (χ1) is 17.6. The van der Waals surface area contributed by atoms with Gasteiger partial charge in [-0.25, -0.2) is 5.01 Å². The molecule has 176 valence electrons. The summed E-state index contributed by atoms with van der Waals surface area (Å²) in [6.07, 6.45) is 0.419. The topological polar surface area (TPSA) is 50.9 Å². The Morgan fingerprint density at radius 1 is 0.889 bits per heavy atom. The highest BCUT2D eigenvalue weighted by Gasteiger charge is 2.41. The van der Waals surface area contributed by atoms with E-state index in [4.69, 9.17) is 26.0 Å². The van der Waals surface area contributed by atoms with E-state index in [0.717, 1.165) is 56.8 Å². The molecule has 0 unspecified atom stereocenters. The highest BCUT2D eigenvalue weighted by atomic mass is 35.5. The van der Waals surface area contributed by atoms with Crippen molar-refractivity contribution >= 4 is 28.2 Å². The normalized spacial score (nSPS) is 18.5. The zero-order chi connectivity index (χ0) is 24.2. The van der Waals surface area contributed by atoms with E-state index < -0.39 is 0 Å². The van der Waals surface area contributed by atoms with Gasteiger partial charge in [-0.3, -0.25) is 0 Å². The standard InChI is InChI=1S/C30H22ClN3O2/c1-18-6-8-20(9-7-18)29-24-16-21(12-15-25(24)33-36-29)30-34-27(23-4-2-3-5-28(23)35-30)17-26(32-34)19-10-13-22(31)14-11-19/h2-16,27,30H,17H2,1H3/t27-,30-/m1/s1. The molecule has 0 N–H and O–H groups in total. The van der Waals surface area contributed by atoms with Crippen molar-refractivity contribution < 1.29 is 9.26 Å². The second kappa shape index (κ2) is 8.25. The van der Waals surface area contributed by atoms with Gasteiger partial charge in [0.05, 0.1) is 17.1 Å². The molecule has 7 rings (SSSR count). The average molecular weight is 492 g/mol. The van der Waals surface area contributed by atoms with Crippen LogP contribution in [0.15, 0.2) is 101 Å². The summed E-state index contributed by atoms with van der Waals surface area (Å²) in [7, 11) is 0. The highest BCUT2D eigenvalue weighted by molar-refractivity contribution is 6.30. The van der Waals surface area contributed by atoms with Crippen molar-refractivity contribution in [3.05, 3.63) is 118 Å². The maximum Gasteiger partial charge on any atom is 0.213 e. The smallest absolute Gasteiger partial charge is 0.213 e. The van der Waals surface area contributed by atoms with Crippen LogP contribution in [0.4, 0.5) is 0 Å². The van der Waals surface area contributed by atoms with Crippen molar-refractivity contribution in [1.82, 2.24) is 10.2 Å². The molecule has 5 aromatic rings. The van der Waals surface area contributed by atoms with Gasteiger partial charge in [0.25, 0.3) is 0 Å². The molecule has 4 aromatic carbocycles. The van der Waals surface area contributed by atoms with E-state index in [9.17, 15) is 0 Å². The zero-order valence-electron chi connectivity index (χ0n) is 19.6. The van der Waals surface area contributed by atoms with Crippen molar-refractivity contribution in [3.63, 3.8) is 0 Å². The van der Waals surface area contributed by atoms with Crippen molar-refractivity contribution in [1.29, 1.82) is 0 Å². The van der Waals surface area contributed by atoms with E-state index in [-0.39, 0.29) is 12.3 Å². The van der Waals surface area contributed by atoms with Crippen LogP contribution in [0, 0.1) is 6.92 Å². The van der Waals surface area contributed by atoms with Crippen LogP contribution in [-0.4, -0.2) is 15.9 Å². The van der Waals surface area contributed by atoms with Crippen molar-refractivity contribution in [3.8, 4) is 17.1 Å². The first kappa shape index (κ1) is 21.2. The molecule has 1 aromatic heterocycles. The number of rotatable bonds is 3. The number of nitrogens with zero attached hydrogens (tertiary/aromatic N) is 3. The number of hydrogen-bond acceptors (Lipinski definition) is 5. The fourth-order valence-corrected chi connectivity index (χ4v) is 5.22. The molecule has 0 aliphatic carbocycles. The maximum absolute atomic E-state index is 6.57. The van der Waals surface area contributed by atoms with Crippen molar-refractivity contribution in [2.24, 2.45) is 5.10 Å². The monoisotopic (exact) mass is 491 g/mol. The molecule has 36 heavy (non-hydrogen) atoms. The minimum absolute atomic E-state index is 0.0837. The Morgan fingerprint density at radius 3 is 2.50 bits per heavy atom. The molecule has 2 atom stereocenters. The summed E-state index contributed by atoms with van der Waals surface area (Å²) in [4.78, 5) is 0. The average Bonchev–Trinajstić information content (AvgIpc) is 3.54. The van der Waals surface area contributed by atoms with Gasteiger partial charge in [0.2, 0.25) is 6.23 Å². The number of aromatic nitrogens is 1. The van der Waals surface area contributed by atoms with Crippen LogP contribution < -0.4 is 4.74 Å². The summed E-state index contributed by atoms with van der Waals surface area (Å²) >= 11 is 6.13. The molecule has 6 heteroatoms. The summed E-state index contributed by atoms with van der Waals surface area (Å²) in [6.45, 7) is 2.07. The van der Waals surface area contributed by atoms with E-state index in [1.54, 1.807) is 0 Å². The number of benzene rings is 4. The summed E-state index contributed by atoms with van der Waals surface area (Å²) in [5.74, 6) is 1.65. The van der Waals surface area contributed by atoms with Gasteiger partial charge in [0, 0.05) is 28.1 Å². The number of halogens is 1. The molecular formula is C30H22ClN3O2. The van der Waals surface area contributed by atoms with Crippen molar-refractivity contribution in [2.45, 2.75) is 25.6 Å². The minimum Gasteiger partial charge on any atom is -0.464 e. The zero-order valence-corrected chi connectivity index (χ0v) is 20.3. The van der Waals surface area contributed by atoms with Gasteiger partial charge < -0.3 is 9.26 Å². The van der Waals surface area contributed by atoms with Crippen LogP contribution in [0.25, 0.3) is 22.2 Å². The number of para-hydroxylation sites is 1. The summed E-state index contributed by atoms with van der Waals surface area (Å²) in [5, 5.41) is 13.1. The number of aryl methyl sites for hydroxylation is 1. The third kappa shape index (κ3) is 3.47. The van der Waals surface area contributed by atoms with Crippen LogP contribution in [-0.2, 0) is 0 Å². The van der Waals surface area contributed by atoms with Crippen LogP contribution in [0.2, 0.25) is 5.02 Å². The van der Waals surface area contributed by atoms with Gasteiger partial charge in [-0.05, 0) is 42.8 Å². The van der Waals surface area contributed by atoms with Gasteiger partial charge >= 0.3 is 0 Å². The van der Waals surface area contributed by atoms with E-state index in [0.29, 0.717) is 5.02 Å². The number of fused-ring (bicyclic) bond motifs is 4. The Labute approximate surface area is 213 Å². The molecule has 0 radical (unpaired) electrons. The first-order valence-electron chi connectivity index (χ1n) is 12.0. The third-order valence-corrected chi connectivity index (χ3v) is 7.23. The molecule has 0 amide bonds. The number of ether oxygens (including phenoxy) is 1. The van der Waals surface area contributed by atoms with Crippen LogP contribution in [0.3, 0.4) is 0 Å². The molecule has 5 nitrogen and oxygen atoms in total. The molecule has 0 spiro atoms. The molecular weight excluding hydrogens is 470 g/mol. The molecule has 0 saturated heterocycles. The molecule has 2 aliphatic heterocycles. The lowest BCUT2D eigenvalue weighted by molar-refractivity contribution is -0.0189. The largest absolute Gasteiger partial charge is 0.464 e. The second-order valence-electron chi connectivity index (χ2n) is 9.32. The lowest BCUT2D eigenvalue weighted by Crippen LogP contribution is -2.33. The first-order valence-corrected chi connectivity index (χ1v) is 12.4. The third-order valence-electron chi connectivity index (χ3n) is 6.98. The van der Waals surface area contributed by atoms with Crippen molar-refractivity contribution in [2.75, 3.05) is 0 Å². The molecule has 0 fully saturated rings. The number of hydrazone groups is 1. The fourth-order valence-electron chi connectivity index (χ4n) is 5.10. The van der Waals surface area contributed by atoms with Gasteiger partial charge in [0.1, 0.15) is 11.3 Å². The maximum atomic E-state index is 6.57. The highest BCUT2D eigenvalue weighted by Crippen LogP contribution is 2.48. The molecule has 0 saturated carbocycles. The lowest BCUT2D eigenvalue weighted by atomic mass is 9.95. The Bertz CT molecular complexity index is 1620. The molecule has 0 bridgehead atoms. The Kier molecular flexibility index (Phi) is 4.86. The van der Waals surface area contributed by atoms with Gasteiger partial charge in [0.15, 0.2) is 5.76 Å². The van der Waals surface area contributed by atoms with E-state index in [1.165, 1.54) is 5.56 Å². The van der Waals surface area contributed by atoms with E-state index in [1.807, 2.05) is 42.5 Å². The van der Waals surface area contributed by atoms with Crippen LogP contribution in [0.1, 0.15) is 40.9 Å². The summed E-state index contributed by atoms with van der Waals surface area (Å²) < 4.78 is 12.3.